The zero-order chi connectivity index (χ0) is 13.1. The van der Waals surface area contributed by atoms with Gasteiger partial charge in [0.25, 0.3) is 0 Å². The molecule has 1 fully saturated rings. The fourth-order valence-corrected chi connectivity index (χ4v) is 2.80. The van der Waals surface area contributed by atoms with Crippen molar-refractivity contribution in [2.24, 2.45) is 5.92 Å². The number of aromatic nitrogens is 2. The molecule has 0 bridgehead atoms. The first-order chi connectivity index (χ1) is 8.60. The molecule has 4 nitrogen and oxygen atoms in total. The van der Waals surface area contributed by atoms with Crippen LogP contribution in [-0.4, -0.2) is 29.3 Å². The van der Waals surface area contributed by atoms with Gasteiger partial charge in [-0.05, 0) is 39.0 Å². The summed E-state index contributed by atoms with van der Waals surface area (Å²) in [5.74, 6) is 1.83. The van der Waals surface area contributed by atoms with Crippen LogP contribution in [0, 0.1) is 12.8 Å². The summed E-state index contributed by atoms with van der Waals surface area (Å²) in [5, 5.41) is 3.60. The van der Waals surface area contributed by atoms with Gasteiger partial charge in [-0.15, -0.1) is 0 Å². The predicted octanol–water partition coefficient (Wildman–Crippen LogP) is 3.00. The van der Waals surface area contributed by atoms with Gasteiger partial charge in [-0.3, -0.25) is 0 Å². The molecule has 3 unspecified atom stereocenters. The predicted molar refractivity (Wildman–Crippen MR) is 74.0 cm³/mol. The zero-order valence-electron chi connectivity index (χ0n) is 11.9. The van der Waals surface area contributed by atoms with Crippen LogP contribution >= 0.6 is 0 Å². The fraction of sp³-hybridized carbons (Fsp3) is 0.786. The summed E-state index contributed by atoms with van der Waals surface area (Å²) in [7, 11) is 1.74. The number of imidazole rings is 1. The van der Waals surface area contributed by atoms with Crippen molar-refractivity contribution in [1.82, 2.24) is 9.55 Å². The van der Waals surface area contributed by atoms with Crippen LogP contribution in [0.3, 0.4) is 0 Å². The molecule has 0 amide bonds. The number of rotatable bonds is 5. The molecule has 1 aromatic rings. The van der Waals surface area contributed by atoms with E-state index in [1.54, 1.807) is 7.11 Å². The van der Waals surface area contributed by atoms with Crippen molar-refractivity contribution >= 4 is 5.95 Å². The Morgan fingerprint density at radius 3 is 2.94 bits per heavy atom. The SMILES string of the molecule is COCC(C)n1cc(C)nc1NC1CCC(C)C1. The summed E-state index contributed by atoms with van der Waals surface area (Å²) in [6.07, 6.45) is 5.94. The van der Waals surface area contributed by atoms with Gasteiger partial charge in [-0.1, -0.05) is 6.92 Å². The highest BCUT2D eigenvalue weighted by Gasteiger charge is 2.23. The number of anilines is 1. The number of aryl methyl sites for hydroxylation is 1. The van der Waals surface area contributed by atoms with Crippen LogP contribution < -0.4 is 5.32 Å². The maximum atomic E-state index is 5.23. The number of hydrogen-bond acceptors (Lipinski definition) is 3. The van der Waals surface area contributed by atoms with Crippen molar-refractivity contribution in [2.45, 2.75) is 52.1 Å². The van der Waals surface area contributed by atoms with Gasteiger partial charge in [0, 0.05) is 19.3 Å². The molecule has 4 heteroatoms. The Kier molecular flexibility index (Phi) is 4.27. The summed E-state index contributed by atoms with van der Waals surface area (Å²) >= 11 is 0. The van der Waals surface area contributed by atoms with Crippen LogP contribution in [0.15, 0.2) is 6.20 Å². The minimum absolute atomic E-state index is 0.317. The second kappa shape index (κ2) is 5.74. The second-order valence-corrected chi connectivity index (χ2v) is 5.68. The first-order valence-corrected chi connectivity index (χ1v) is 6.91. The van der Waals surface area contributed by atoms with Crippen molar-refractivity contribution in [1.29, 1.82) is 0 Å². The van der Waals surface area contributed by atoms with Crippen molar-refractivity contribution < 1.29 is 4.74 Å². The third kappa shape index (κ3) is 3.05. The van der Waals surface area contributed by atoms with Crippen LogP contribution in [0.1, 0.15) is 44.8 Å². The van der Waals surface area contributed by atoms with Crippen molar-refractivity contribution in [2.75, 3.05) is 19.0 Å². The highest BCUT2D eigenvalue weighted by atomic mass is 16.5. The normalized spacial score (nSPS) is 25.3. The first kappa shape index (κ1) is 13.4. The third-order valence-electron chi connectivity index (χ3n) is 3.76. The van der Waals surface area contributed by atoms with Crippen LogP contribution in [0.2, 0.25) is 0 Å². The summed E-state index contributed by atoms with van der Waals surface area (Å²) in [5.41, 5.74) is 1.06. The van der Waals surface area contributed by atoms with E-state index in [1.165, 1.54) is 19.3 Å². The van der Waals surface area contributed by atoms with Crippen LogP contribution in [0.5, 0.6) is 0 Å². The van der Waals surface area contributed by atoms with Gasteiger partial charge in [0.2, 0.25) is 5.95 Å². The molecule has 1 N–H and O–H groups in total. The maximum Gasteiger partial charge on any atom is 0.203 e. The molecule has 0 spiro atoms. The van der Waals surface area contributed by atoms with E-state index >= 15 is 0 Å². The summed E-state index contributed by atoms with van der Waals surface area (Å²) < 4.78 is 7.43. The quantitative estimate of drug-likeness (QED) is 0.874. The van der Waals surface area contributed by atoms with Crippen LogP contribution in [0.4, 0.5) is 5.95 Å². The van der Waals surface area contributed by atoms with Gasteiger partial charge in [-0.2, -0.15) is 0 Å². The maximum absolute atomic E-state index is 5.23. The lowest BCUT2D eigenvalue weighted by Gasteiger charge is -2.19. The Morgan fingerprint density at radius 1 is 1.56 bits per heavy atom. The smallest absolute Gasteiger partial charge is 0.203 e. The standard InChI is InChI=1S/C14H25N3O/c1-10-5-6-13(7-10)16-14-15-11(2)8-17(14)12(3)9-18-4/h8,10,12-13H,5-7,9H2,1-4H3,(H,15,16). The van der Waals surface area contributed by atoms with Gasteiger partial charge in [0.1, 0.15) is 0 Å². The fourth-order valence-electron chi connectivity index (χ4n) is 2.80. The highest BCUT2D eigenvalue weighted by Crippen LogP contribution is 2.28. The average molecular weight is 251 g/mol. The largest absolute Gasteiger partial charge is 0.383 e. The summed E-state index contributed by atoms with van der Waals surface area (Å²) in [4.78, 5) is 4.60. The van der Waals surface area contributed by atoms with Crippen LogP contribution in [-0.2, 0) is 4.74 Å². The Morgan fingerprint density at radius 2 is 2.33 bits per heavy atom. The summed E-state index contributed by atoms with van der Waals surface area (Å²) in [6, 6.07) is 0.896. The van der Waals surface area contributed by atoms with E-state index in [0.29, 0.717) is 18.7 Å². The van der Waals surface area contributed by atoms with Crippen molar-refractivity contribution in [3.63, 3.8) is 0 Å². The molecule has 1 aliphatic carbocycles. The lowest BCUT2D eigenvalue weighted by Crippen LogP contribution is -2.21. The number of nitrogens with zero attached hydrogens (tertiary/aromatic N) is 2. The molecule has 0 saturated heterocycles. The minimum atomic E-state index is 0.317. The Bertz CT molecular complexity index is 388. The molecular weight excluding hydrogens is 226 g/mol. The molecule has 1 heterocycles. The summed E-state index contributed by atoms with van der Waals surface area (Å²) in [6.45, 7) is 7.24. The topological polar surface area (TPSA) is 39.1 Å². The van der Waals surface area contributed by atoms with E-state index in [1.807, 2.05) is 6.92 Å². The van der Waals surface area contributed by atoms with E-state index in [4.69, 9.17) is 4.74 Å². The number of hydrogen-bond donors (Lipinski definition) is 1. The van der Waals surface area contributed by atoms with Crippen molar-refractivity contribution in [3.05, 3.63) is 11.9 Å². The molecule has 1 aromatic heterocycles. The van der Waals surface area contributed by atoms with Gasteiger partial charge in [0.15, 0.2) is 0 Å². The Labute approximate surface area is 110 Å². The van der Waals surface area contributed by atoms with Gasteiger partial charge in [-0.25, -0.2) is 4.98 Å². The monoisotopic (exact) mass is 251 g/mol. The molecule has 2 rings (SSSR count). The highest BCUT2D eigenvalue weighted by molar-refractivity contribution is 5.31. The molecule has 0 aromatic carbocycles. The third-order valence-corrected chi connectivity index (χ3v) is 3.76. The Balaban J connectivity index is 2.07. The van der Waals surface area contributed by atoms with E-state index < -0.39 is 0 Å². The van der Waals surface area contributed by atoms with Gasteiger partial charge in [0.05, 0.1) is 18.3 Å². The second-order valence-electron chi connectivity index (χ2n) is 5.68. The number of methoxy groups -OCH3 is 1. The molecule has 0 radical (unpaired) electrons. The molecule has 18 heavy (non-hydrogen) atoms. The van der Waals surface area contributed by atoms with Gasteiger partial charge >= 0.3 is 0 Å². The lowest BCUT2D eigenvalue weighted by atomic mass is 10.1. The number of nitrogens with one attached hydrogen (secondary N) is 1. The number of ether oxygens (including phenoxy) is 1. The van der Waals surface area contributed by atoms with Crippen LogP contribution in [0.25, 0.3) is 0 Å². The zero-order valence-corrected chi connectivity index (χ0v) is 11.9. The molecule has 1 saturated carbocycles. The van der Waals surface area contributed by atoms with E-state index in [-0.39, 0.29) is 0 Å². The minimum Gasteiger partial charge on any atom is -0.383 e. The first-order valence-electron chi connectivity index (χ1n) is 6.91. The van der Waals surface area contributed by atoms with Gasteiger partial charge < -0.3 is 14.6 Å². The Hall–Kier alpha value is -1.03. The molecule has 102 valence electrons. The van der Waals surface area contributed by atoms with E-state index in [0.717, 1.165) is 17.6 Å². The van der Waals surface area contributed by atoms with E-state index in [9.17, 15) is 0 Å². The lowest BCUT2D eigenvalue weighted by molar-refractivity contribution is 0.163. The average Bonchev–Trinajstić information content (AvgIpc) is 2.86. The van der Waals surface area contributed by atoms with Crippen molar-refractivity contribution in [3.8, 4) is 0 Å². The van der Waals surface area contributed by atoms with E-state index in [2.05, 4.69) is 34.9 Å². The molecular formula is C14H25N3O. The molecule has 0 aliphatic heterocycles. The molecule has 3 atom stereocenters. The molecule has 1 aliphatic rings.